The molecule has 0 radical (unpaired) electrons. The van der Waals surface area contributed by atoms with Gasteiger partial charge in [-0.1, -0.05) is 30.9 Å². The minimum atomic E-state index is -3.91. The maximum atomic E-state index is 13.5. The van der Waals surface area contributed by atoms with Gasteiger partial charge in [-0.25, -0.2) is 12.8 Å². The Morgan fingerprint density at radius 3 is 2.66 bits per heavy atom. The fourth-order valence-corrected chi connectivity index (χ4v) is 5.83. The van der Waals surface area contributed by atoms with E-state index in [0.717, 1.165) is 5.56 Å². The summed E-state index contributed by atoms with van der Waals surface area (Å²) in [5.74, 6) is 5.61. The standard InChI is InChI=1S/C26H33FN2O5S/c1-19-15-29(20(2)18-30)35(31,32)26-12-9-21(6-5-13-33-4)14-24(26)34-25(19)17-28(3)16-22-7-10-23(27)11-8-22/h7-12,14,19-20,25,30H,13,15-18H2,1-4H3/t19-,20-,25+/m1/s1. The highest BCUT2D eigenvalue weighted by atomic mass is 32.2. The minimum Gasteiger partial charge on any atom is -0.487 e. The molecule has 1 aliphatic rings. The number of sulfonamides is 1. The second-order valence-corrected chi connectivity index (χ2v) is 10.8. The molecule has 0 spiro atoms. The quantitative estimate of drug-likeness (QED) is 0.585. The van der Waals surface area contributed by atoms with Crippen LogP contribution in [0, 0.1) is 23.6 Å². The second kappa shape index (κ2) is 12.0. The number of hydrogen-bond acceptors (Lipinski definition) is 6. The van der Waals surface area contributed by atoms with Crippen molar-refractivity contribution in [2.45, 2.75) is 37.4 Å². The number of ether oxygens (including phenoxy) is 2. The van der Waals surface area contributed by atoms with E-state index in [1.54, 1.807) is 38.3 Å². The summed E-state index contributed by atoms with van der Waals surface area (Å²) in [7, 11) is -0.414. The molecule has 7 nitrogen and oxygen atoms in total. The van der Waals surface area contributed by atoms with Crippen molar-refractivity contribution >= 4 is 10.0 Å². The molecule has 2 aromatic rings. The van der Waals surface area contributed by atoms with Crippen molar-refractivity contribution in [1.82, 2.24) is 9.21 Å². The van der Waals surface area contributed by atoms with Crippen molar-refractivity contribution in [1.29, 1.82) is 0 Å². The van der Waals surface area contributed by atoms with E-state index in [2.05, 4.69) is 16.7 Å². The third-order valence-corrected chi connectivity index (χ3v) is 7.99. The molecular formula is C26H33FN2O5S. The average molecular weight is 505 g/mol. The topological polar surface area (TPSA) is 79.3 Å². The Kier molecular flexibility index (Phi) is 9.27. The molecule has 0 aromatic heterocycles. The van der Waals surface area contributed by atoms with Gasteiger partial charge in [0.15, 0.2) is 0 Å². The highest BCUT2D eigenvalue weighted by Gasteiger charge is 2.38. The first-order valence-corrected chi connectivity index (χ1v) is 12.9. The zero-order valence-electron chi connectivity index (χ0n) is 20.6. The Bertz CT molecular complexity index is 1160. The van der Waals surface area contributed by atoms with Gasteiger partial charge in [0, 0.05) is 44.3 Å². The number of aliphatic hydroxyl groups is 1. The van der Waals surface area contributed by atoms with Gasteiger partial charge >= 0.3 is 0 Å². The molecule has 3 rings (SSSR count). The lowest BCUT2D eigenvalue weighted by atomic mass is 10.0. The third kappa shape index (κ3) is 6.81. The molecule has 0 aliphatic carbocycles. The van der Waals surface area contributed by atoms with Crippen molar-refractivity contribution in [2.75, 3.05) is 40.5 Å². The fraction of sp³-hybridized carbons (Fsp3) is 0.462. The third-order valence-electron chi connectivity index (χ3n) is 5.97. The van der Waals surface area contributed by atoms with Crippen molar-refractivity contribution in [3.8, 4) is 17.6 Å². The van der Waals surface area contributed by atoms with Gasteiger partial charge in [0.1, 0.15) is 29.2 Å². The maximum Gasteiger partial charge on any atom is 0.247 e. The first-order chi connectivity index (χ1) is 16.6. The van der Waals surface area contributed by atoms with Crippen LogP contribution in [0.4, 0.5) is 4.39 Å². The largest absolute Gasteiger partial charge is 0.487 e. The van der Waals surface area contributed by atoms with Gasteiger partial charge in [0.05, 0.1) is 6.61 Å². The zero-order valence-corrected chi connectivity index (χ0v) is 21.4. The lowest BCUT2D eigenvalue weighted by Crippen LogP contribution is -2.49. The summed E-state index contributed by atoms with van der Waals surface area (Å²) in [6.45, 7) is 4.89. The molecule has 190 valence electrons. The van der Waals surface area contributed by atoms with E-state index in [1.807, 2.05) is 14.0 Å². The normalized spacial score (nSPS) is 20.7. The fourth-order valence-electron chi connectivity index (χ4n) is 4.00. The number of likely N-dealkylation sites (N-methyl/N-ethyl adjacent to an activating group) is 1. The summed E-state index contributed by atoms with van der Waals surface area (Å²) in [6, 6.07) is 10.5. The first kappa shape index (κ1) is 27.1. The molecule has 1 aliphatic heterocycles. The predicted molar refractivity (Wildman–Crippen MR) is 132 cm³/mol. The average Bonchev–Trinajstić information content (AvgIpc) is 2.82. The molecule has 0 saturated carbocycles. The molecule has 0 unspecified atom stereocenters. The van der Waals surface area contributed by atoms with E-state index in [9.17, 15) is 17.9 Å². The lowest BCUT2D eigenvalue weighted by Gasteiger charge is -2.37. The van der Waals surface area contributed by atoms with Crippen molar-refractivity contribution < 1.29 is 27.4 Å². The van der Waals surface area contributed by atoms with Crippen LogP contribution in [0.5, 0.6) is 5.75 Å². The zero-order chi connectivity index (χ0) is 25.6. The molecule has 0 fully saturated rings. The molecule has 1 heterocycles. The van der Waals surface area contributed by atoms with E-state index in [-0.39, 0.29) is 48.2 Å². The molecule has 0 bridgehead atoms. The molecular weight excluding hydrogens is 471 g/mol. The van der Waals surface area contributed by atoms with Crippen LogP contribution in [0.1, 0.15) is 25.0 Å². The Balaban J connectivity index is 1.95. The van der Waals surface area contributed by atoms with Crippen LogP contribution in [0.25, 0.3) is 0 Å². The Morgan fingerprint density at radius 2 is 2.00 bits per heavy atom. The highest BCUT2D eigenvalue weighted by Crippen LogP contribution is 2.34. The SMILES string of the molecule is COCC#Cc1ccc2c(c1)O[C@@H](CN(C)Cc1ccc(F)cc1)[C@H](C)CN([C@H](C)CO)S2(=O)=O. The monoisotopic (exact) mass is 504 g/mol. The first-order valence-electron chi connectivity index (χ1n) is 11.5. The Morgan fingerprint density at radius 1 is 1.29 bits per heavy atom. The minimum absolute atomic E-state index is 0.0492. The van der Waals surface area contributed by atoms with Gasteiger partial charge in [-0.2, -0.15) is 4.31 Å². The van der Waals surface area contributed by atoms with E-state index >= 15 is 0 Å². The van der Waals surface area contributed by atoms with Crippen LogP contribution in [0.2, 0.25) is 0 Å². The van der Waals surface area contributed by atoms with Crippen molar-refractivity contribution in [3.05, 3.63) is 59.4 Å². The molecule has 3 atom stereocenters. The number of hydrogen-bond donors (Lipinski definition) is 1. The maximum absolute atomic E-state index is 13.5. The van der Waals surface area contributed by atoms with Crippen LogP contribution in [-0.2, 0) is 21.3 Å². The summed E-state index contributed by atoms with van der Waals surface area (Å²) < 4.78 is 53.0. The number of rotatable bonds is 7. The molecule has 0 amide bonds. The second-order valence-electron chi connectivity index (χ2n) is 8.96. The van der Waals surface area contributed by atoms with E-state index < -0.39 is 16.1 Å². The molecule has 0 saturated heterocycles. The van der Waals surface area contributed by atoms with Crippen molar-refractivity contribution in [2.24, 2.45) is 5.92 Å². The predicted octanol–water partition coefficient (Wildman–Crippen LogP) is 2.72. The number of nitrogens with zero attached hydrogens (tertiary/aromatic N) is 2. The van der Waals surface area contributed by atoms with Crippen LogP contribution < -0.4 is 4.74 Å². The smallest absolute Gasteiger partial charge is 0.247 e. The summed E-state index contributed by atoms with van der Waals surface area (Å²) in [5, 5.41) is 9.77. The van der Waals surface area contributed by atoms with Gasteiger partial charge in [-0.3, -0.25) is 4.90 Å². The molecule has 9 heteroatoms. The van der Waals surface area contributed by atoms with Gasteiger partial charge in [0.25, 0.3) is 0 Å². The summed E-state index contributed by atoms with van der Waals surface area (Å²) in [6.07, 6.45) is -0.342. The van der Waals surface area contributed by atoms with E-state index in [4.69, 9.17) is 9.47 Å². The van der Waals surface area contributed by atoms with Gasteiger partial charge < -0.3 is 14.6 Å². The van der Waals surface area contributed by atoms with Crippen molar-refractivity contribution in [3.63, 3.8) is 0 Å². The molecule has 1 N–H and O–H groups in total. The van der Waals surface area contributed by atoms with Crippen LogP contribution in [0.3, 0.4) is 0 Å². The van der Waals surface area contributed by atoms with E-state index in [0.29, 0.717) is 18.7 Å². The Labute approximate surface area is 207 Å². The summed E-state index contributed by atoms with van der Waals surface area (Å²) in [5.41, 5.74) is 1.58. The van der Waals surface area contributed by atoms with Gasteiger partial charge in [-0.15, -0.1) is 0 Å². The van der Waals surface area contributed by atoms with Gasteiger partial charge in [0.2, 0.25) is 10.0 Å². The highest BCUT2D eigenvalue weighted by molar-refractivity contribution is 7.89. The van der Waals surface area contributed by atoms with Gasteiger partial charge in [-0.05, 0) is 49.9 Å². The number of aliphatic hydroxyl groups excluding tert-OH is 1. The van der Waals surface area contributed by atoms with Crippen LogP contribution >= 0.6 is 0 Å². The van der Waals surface area contributed by atoms with Crippen LogP contribution in [0.15, 0.2) is 47.4 Å². The van der Waals surface area contributed by atoms with E-state index in [1.165, 1.54) is 22.5 Å². The number of methoxy groups -OCH3 is 1. The number of halogens is 1. The lowest BCUT2D eigenvalue weighted by molar-refractivity contribution is 0.0733. The molecule has 2 aromatic carbocycles. The Hall–Kier alpha value is -2.48. The van der Waals surface area contributed by atoms with Crippen LogP contribution in [-0.4, -0.2) is 75.3 Å². The summed E-state index contributed by atoms with van der Waals surface area (Å²) in [4.78, 5) is 2.11. The number of benzene rings is 2. The molecule has 35 heavy (non-hydrogen) atoms. The number of fused-ring (bicyclic) bond motifs is 1. The summed E-state index contributed by atoms with van der Waals surface area (Å²) >= 11 is 0.